The van der Waals surface area contributed by atoms with Crippen molar-refractivity contribution < 1.29 is 60.6 Å². The number of fused-ring (bicyclic) bond motifs is 1. The Kier molecular flexibility index (Phi) is 7.83. The van der Waals surface area contributed by atoms with Gasteiger partial charge >= 0.3 is 23.5 Å². The average Bonchev–Trinajstić information content (AvgIpc) is 3.18. The van der Waals surface area contributed by atoms with Gasteiger partial charge in [-0.05, 0) is 6.92 Å². The number of anilines is 1. The van der Waals surface area contributed by atoms with Crippen LogP contribution in [0.4, 0.5) is 10.3 Å². The first-order valence-electron chi connectivity index (χ1n) is 8.96. The Morgan fingerprint density at radius 1 is 1.32 bits per heavy atom. The molecule has 1 fully saturated rings. The Bertz CT molecular complexity index is 1270. The summed E-state index contributed by atoms with van der Waals surface area (Å²) >= 11 is 0. The summed E-state index contributed by atoms with van der Waals surface area (Å²) in [7, 11) is -14.7. The molecule has 0 amide bonds. The molecule has 2 unspecified atom stereocenters. The number of nitrogen functional groups attached to an aromatic ring is 1. The molecule has 2 aromatic heterocycles. The van der Waals surface area contributed by atoms with Gasteiger partial charge in [0.15, 0.2) is 5.67 Å². The van der Waals surface area contributed by atoms with Crippen molar-refractivity contribution in [3.63, 3.8) is 0 Å². The second-order valence-corrected chi connectivity index (χ2v) is 11.2. The molecule has 0 spiro atoms. The molecule has 0 radical (unpaired) electrons. The first-order chi connectivity index (χ1) is 15.9. The van der Waals surface area contributed by atoms with Gasteiger partial charge < -0.3 is 45.0 Å². The highest BCUT2D eigenvalue weighted by atomic mass is 31.3. The maximum atomic E-state index is 15.3. The Hall–Kier alpha value is -1.16. The molecule has 23 heteroatoms. The minimum atomic E-state index is -5.77. The highest BCUT2D eigenvalue weighted by Crippen LogP contribution is 2.66. The van der Waals surface area contributed by atoms with Gasteiger partial charge in [-0.3, -0.25) is 14.3 Å². The average molecular weight is 574 g/mol. The molecule has 0 aliphatic carbocycles. The second-order valence-electron chi connectivity index (χ2n) is 6.80. The molecule has 0 aromatic carbocycles. The monoisotopic (exact) mass is 574 g/mol. The van der Waals surface area contributed by atoms with Crippen LogP contribution in [-0.2, 0) is 31.6 Å². The van der Waals surface area contributed by atoms with E-state index in [-0.39, 0.29) is 17.3 Å². The molecule has 0 saturated carbocycles. The van der Waals surface area contributed by atoms with Crippen molar-refractivity contribution in [2.24, 2.45) is 0 Å². The summed E-state index contributed by atoms with van der Waals surface area (Å²) in [6.07, 6.45) is -4.32. The molecule has 1 aliphatic rings. The van der Waals surface area contributed by atoms with Crippen molar-refractivity contribution in [1.82, 2.24) is 19.6 Å². The molecule has 1 aliphatic heterocycles. The van der Waals surface area contributed by atoms with E-state index < -0.39 is 59.6 Å². The van der Waals surface area contributed by atoms with Gasteiger partial charge in [0, 0.05) is 0 Å². The number of nitrogens with zero attached hydrogens (tertiary/aromatic N) is 3. The predicted octanol–water partition coefficient (Wildman–Crippen LogP) is -0.802. The lowest BCUT2D eigenvalue weighted by Gasteiger charge is -2.23. The normalized spacial score (nSPS) is 29.1. The number of aliphatic hydroxyl groups excluding tert-OH is 1. The first kappa shape index (κ1) is 27.4. The van der Waals surface area contributed by atoms with Gasteiger partial charge in [0.2, 0.25) is 11.6 Å². The van der Waals surface area contributed by atoms with Gasteiger partial charge in [-0.15, -0.1) is 5.10 Å². The molecular formula is C11H19FN5O13P4-. The number of phosphoric ester groups is 1. The Morgan fingerprint density at radius 2 is 1.94 bits per heavy atom. The number of ether oxygens (including phenoxy) is 1. The summed E-state index contributed by atoms with van der Waals surface area (Å²) in [6, 6.07) is 0. The van der Waals surface area contributed by atoms with Gasteiger partial charge in [-0.1, -0.05) is 0 Å². The highest BCUT2D eigenvalue weighted by molar-refractivity contribution is 7.66. The van der Waals surface area contributed by atoms with Gasteiger partial charge in [-0.2, -0.15) is 8.62 Å². The fraction of sp³-hybridized carbons (Fsp3) is 0.545. The van der Waals surface area contributed by atoms with Gasteiger partial charge in [0.25, 0.3) is 5.56 Å². The topological polar surface area (TPSA) is 278 Å². The van der Waals surface area contributed by atoms with Crippen LogP contribution < -0.4 is 11.3 Å². The summed E-state index contributed by atoms with van der Waals surface area (Å²) in [4.78, 5) is 53.5. The lowest BCUT2D eigenvalue weighted by molar-refractivity contribution is -0.0243. The number of nitrogens with one attached hydrogen (secondary N) is 1. The number of rotatable bonds is 8. The molecule has 3 heterocycles. The minimum absolute atomic E-state index is 0.160. The maximum absolute atomic E-state index is 15.3. The molecule has 3 rings (SSSR count). The molecule has 1 saturated heterocycles. The SMILES string of the molecule is C[C@@]1(F)[C@H](O)[C@@H](COP(=O)(O)OP(=O)(O)OP(=O)(O)O)O[C@H]1c1cnc2c(=O)[nH]c(N)nn12.[3H][PH-]. The van der Waals surface area contributed by atoms with Gasteiger partial charge in [-0.25, -0.2) is 28.9 Å². The molecule has 8 N–H and O–H groups in total. The second kappa shape index (κ2) is 9.71. The molecule has 6 atom stereocenters. The van der Waals surface area contributed by atoms with E-state index in [4.69, 9.17) is 26.4 Å². The maximum Gasteiger partial charge on any atom is 0.490 e. The molecular weight excluding hydrogens is 553 g/mol. The van der Waals surface area contributed by atoms with E-state index in [0.29, 0.717) is 0 Å². The number of aromatic amines is 1. The Labute approximate surface area is 192 Å². The van der Waals surface area contributed by atoms with Crippen LogP contribution in [0.3, 0.4) is 0 Å². The number of hydrogen-bond acceptors (Lipinski definition) is 12. The number of alkyl halides is 1. The van der Waals surface area contributed by atoms with Crippen molar-refractivity contribution in [1.29, 1.82) is 1.28 Å². The van der Waals surface area contributed by atoms with Crippen LogP contribution in [0.1, 0.15) is 18.7 Å². The van der Waals surface area contributed by atoms with Crippen LogP contribution >= 0.6 is 33.3 Å². The fourth-order valence-corrected chi connectivity index (χ4v) is 5.99. The van der Waals surface area contributed by atoms with E-state index in [9.17, 15) is 28.5 Å². The molecule has 0 bridgehead atoms. The van der Waals surface area contributed by atoms with Crippen LogP contribution in [0, 0.1) is 0 Å². The Morgan fingerprint density at radius 3 is 2.53 bits per heavy atom. The van der Waals surface area contributed by atoms with Crippen molar-refractivity contribution in [2.75, 3.05) is 12.3 Å². The number of hydrogen-bond donors (Lipinski definition) is 7. The van der Waals surface area contributed by atoms with Gasteiger partial charge in [0.05, 0.1) is 18.5 Å². The van der Waals surface area contributed by atoms with Crippen molar-refractivity contribution in [2.45, 2.75) is 30.9 Å². The molecule has 34 heavy (non-hydrogen) atoms. The highest BCUT2D eigenvalue weighted by Gasteiger charge is 2.56. The third-order valence-electron chi connectivity index (χ3n) is 4.26. The van der Waals surface area contributed by atoms with E-state index in [0.717, 1.165) is 17.6 Å². The smallest absolute Gasteiger partial charge is 0.490 e. The van der Waals surface area contributed by atoms with E-state index in [1.165, 1.54) is 0 Å². The lowest BCUT2D eigenvalue weighted by Crippen LogP contribution is -2.39. The van der Waals surface area contributed by atoms with E-state index in [1.54, 1.807) is 0 Å². The van der Waals surface area contributed by atoms with Crippen LogP contribution in [0.25, 0.3) is 5.65 Å². The first-order valence-corrected chi connectivity index (χ1v) is 13.0. The lowest BCUT2D eigenvalue weighted by atomic mass is 9.93. The minimum Gasteiger partial charge on any atom is -0.577 e. The quantitative estimate of drug-likeness (QED) is 0.190. The zero-order valence-corrected chi connectivity index (χ0v) is 20.3. The summed E-state index contributed by atoms with van der Waals surface area (Å²) in [6.45, 7) is -0.198. The van der Waals surface area contributed by atoms with Crippen molar-refractivity contribution >= 4 is 44.9 Å². The Balaban J connectivity index is 0.00000210. The third-order valence-corrected chi connectivity index (χ3v) is 8.06. The zero-order valence-electron chi connectivity index (χ0n) is 17.7. The van der Waals surface area contributed by atoms with Gasteiger partial charge in [0.1, 0.15) is 18.3 Å². The number of H-pyrrole nitrogens is 1. The molecule has 2 aromatic rings. The molecule has 194 valence electrons. The third kappa shape index (κ3) is 6.33. The zero-order chi connectivity index (χ0) is 27.0. The number of aromatic nitrogens is 4. The van der Waals surface area contributed by atoms with Crippen LogP contribution in [-0.4, -0.2) is 70.0 Å². The fourth-order valence-electron chi connectivity index (χ4n) is 2.96. The largest absolute Gasteiger partial charge is 0.577 e. The predicted molar refractivity (Wildman–Crippen MR) is 111 cm³/mol. The number of nitrogens with two attached hydrogens (primary N) is 1. The van der Waals surface area contributed by atoms with Crippen molar-refractivity contribution in [3.05, 3.63) is 22.2 Å². The summed E-state index contributed by atoms with van der Waals surface area (Å²) in [5.74, 6) is -0.338. The van der Waals surface area contributed by atoms with Crippen LogP contribution in [0.2, 0.25) is 0 Å². The van der Waals surface area contributed by atoms with Crippen molar-refractivity contribution in [3.8, 4) is 0 Å². The van der Waals surface area contributed by atoms with E-state index in [2.05, 4.69) is 38.1 Å². The van der Waals surface area contributed by atoms with E-state index >= 15 is 4.39 Å². The number of aliphatic hydroxyl groups is 1. The van der Waals surface area contributed by atoms with Crippen LogP contribution in [0.5, 0.6) is 0 Å². The number of imidazole rings is 1. The summed E-state index contributed by atoms with van der Waals surface area (Å²) in [5, 5.41) is 14.1. The van der Waals surface area contributed by atoms with Crippen LogP contribution in [0.15, 0.2) is 11.0 Å². The standard InChI is InChI=1S/C11H17FN5O13P3.H2P/c1-11(12)6(18)5(3-27-32(23,24)30-33(25,26)29-31(20,21)22)28-7(11)4-2-14-8-9(19)15-10(13)16-17(4)8;/h2,5-7,18H,3H2,1H3,(H,23,24)(H,25,26)(H2,20,21,22)(H3,13,15,16,19);1H2/q;-1/t5-,6-,7+,11-;/m1./s1/i;1T. The number of phosphoric acid groups is 3. The van der Waals surface area contributed by atoms with E-state index in [1.807, 2.05) is 0 Å². The number of halogens is 1. The summed E-state index contributed by atoms with van der Waals surface area (Å²) < 4.78 is 72.4. The molecule has 18 nitrogen and oxygen atoms in total. The summed E-state index contributed by atoms with van der Waals surface area (Å²) in [5.41, 5.74) is 1.68.